The minimum Gasteiger partial charge on any atom is -0.384 e. The van der Waals surface area contributed by atoms with Gasteiger partial charge in [0.25, 0.3) is 0 Å². The Bertz CT molecular complexity index is 882. The summed E-state index contributed by atoms with van der Waals surface area (Å²) in [5.41, 5.74) is 8.63. The number of carbonyl (C=O) groups excluding carboxylic acids is 2. The number of nitrogens with two attached hydrogens (primary N) is 1. The number of nitrogen functional groups attached to an aromatic ring is 1. The molecule has 1 saturated heterocycles. The lowest BCUT2D eigenvalue weighted by Gasteiger charge is -2.30. The number of benzene rings is 1. The summed E-state index contributed by atoms with van der Waals surface area (Å²) in [5, 5.41) is 8.98. The monoisotopic (exact) mass is 481 g/mol. The highest BCUT2D eigenvalue weighted by molar-refractivity contribution is 5.89. The van der Waals surface area contributed by atoms with Gasteiger partial charge in [-0.3, -0.25) is 9.59 Å². The van der Waals surface area contributed by atoms with Gasteiger partial charge in [0.05, 0.1) is 6.04 Å². The number of amides is 2. The average molecular weight is 482 g/mol. The number of hydrogen-bond acceptors (Lipinski definition) is 5. The van der Waals surface area contributed by atoms with E-state index >= 15 is 0 Å². The second kappa shape index (κ2) is 13.3. The topological polar surface area (TPSA) is 109 Å². The van der Waals surface area contributed by atoms with E-state index < -0.39 is 6.04 Å². The van der Waals surface area contributed by atoms with E-state index in [-0.39, 0.29) is 42.7 Å². The van der Waals surface area contributed by atoms with Crippen LogP contribution in [0.2, 0.25) is 0 Å². The van der Waals surface area contributed by atoms with Gasteiger partial charge in [0, 0.05) is 12.2 Å². The maximum atomic E-state index is 12.7. The van der Waals surface area contributed by atoms with Crippen molar-refractivity contribution in [3.8, 4) is 0 Å². The Hall–Kier alpha value is -2.35. The average Bonchev–Trinajstić information content (AvgIpc) is 2.73. The molecule has 9 heteroatoms. The van der Waals surface area contributed by atoms with Crippen molar-refractivity contribution < 1.29 is 9.59 Å². The molecule has 1 aromatic carbocycles. The fourth-order valence-electron chi connectivity index (χ4n) is 3.84. The number of nitrogens with one attached hydrogen (secondary N) is 3. The maximum Gasteiger partial charge on any atom is 0.242 e. The lowest BCUT2D eigenvalue weighted by Crippen LogP contribution is -2.53. The second-order valence-corrected chi connectivity index (χ2v) is 8.02. The van der Waals surface area contributed by atoms with Crippen LogP contribution in [-0.2, 0) is 22.6 Å². The molecular weight excluding hydrogens is 449 g/mol. The predicted octanol–water partition coefficient (Wildman–Crippen LogP) is 2.55. The molecule has 0 spiro atoms. The molecule has 1 aliphatic rings. The number of halogens is 2. The molecule has 2 amide bonds. The fourth-order valence-corrected chi connectivity index (χ4v) is 3.84. The summed E-state index contributed by atoms with van der Waals surface area (Å²) in [7, 11) is 0. The van der Waals surface area contributed by atoms with Crippen LogP contribution in [0.4, 0.5) is 5.82 Å². The molecule has 1 aromatic heterocycles. The number of pyridine rings is 1. The zero-order valence-electron chi connectivity index (χ0n) is 18.5. The Balaban J connectivity index is 0.00000256. The lowest BCUT2D eigenvalue weighted by molar-refractivity contribution is -0.130. The van der Waals surface area contributed by atoms with Crippen molar-refractivity contribution in [3.05, 3.63) is 59.3 Å². The number of aromatic nitrogens is 1. The molecule has 3 rings (SSSR count). The summed E-state index contributed by atoms with van der Waals surface area (Å²) in [6.45, 7) is 4.70. The number of carbonyl (C=O) groups is 2. The van der Waals surface area contributed by atoms with E-state index in [1.165, 1.54) is 5.56 Å². The molecule has 1 fully saturated rings. The molecule has 0 radical (unpaired) electrons. The molecule has 32 heavy (non-hydrogen) atoms. The highest BCUT2D eigenvalue weighted by Gasteiger charge is 2.28. The Labute approximate surface area is 202 Å². The molecular formula is C23H33Cl2N5O2. The van der Waals surface area contributed by atoms with Crippen molar-refractivity contribution in [2.45, 2.75) is 51.7 Å². The number of rotatable bonds is 7. The van der Waals surface area contributed by atoms with E-state index in [1.54, 1.807) is 13.0 Å². The summed E-state index contributed by atoms with van der Waals surface area (Å²) < 4.78 is 0. The van der Waals surface area contributed by atoms with Crippen LogP contribution in [-0.4, -0.2) is 35.4 Å². The van der Waals surface area contributed by atoms with E-state index in [1.807, 2.05) is 31.2 Å². The van der Waals surface area contributed by atoms with Crippen molar-refractivity contribution in [3.63, 3.8) is 0 Å². The largest absolute Gasteiger partial charge is 0.384 e. The quantitative estimate of drug-likeness (QED) is 0.485. The van der Waals surface area contributed by atoms with Crippen molar-refractivity contribution in [1.29, 1.82) is 0 Å². The first-order valence-corrected chi connectivity index (χ1v) is 10.5. The van der Waals surface area contributed by atoms with Crippen LogP contribution >= 0.6 is 24.8 Å². The van der Waals surface area contributed by atoms with Gasteiger partial charge in [-0.05, 0) is 62.8 Å². The predicted molar refractivity (Wildman–Crippen MR) is 132 cm³/mol. The molecule has 5 N–H and O–H groups in total. The van der Waals surface area contributed by atoms with Crippen molar-refractivity contribution in [2.24, 2.45) is 5.92 Å². The highest BCUT2D eigenvalue weighted by Crippen LogP contribution is 2.21. The summed E-state index contributed by atoms with van der Waals surface area (Å²) in [6.07, 6.45) is 2.78. The lowest BCUT2D eigenvalue weighted by atomic mass is 9.87. The van der Waals surface area contributed by atoms with Gasteiger partial charge in [-0.2, -0.15) is 0 Å². The first-order valence-electron chi connectivity index (χ1n) is 10.5. The molecule has 176 valence electrons. The van der Waals surface area contributed by atoms with Crippen LogP contribution in [0.15, 0.2) is 42.5 Å². The Kier molecular flexibility index (Phi) is 11.5. The van der Waals surface area contributed by atoms with Gasteiger partial charge in [0.15, 0.2) is 0 Å². The van der Waals surface area contributed by atoms with Gasteiger partial charge in [0.1, 0.15) is 11.9 Å². The third-order valence-corrected chi connectivity index (χ3v) is 5.62. The zero-order valence-corrected chi connectivity index (χ0v) is 20.1. The van der Waals surface area contributed by atoms with E-state index in [4.69, 9.17) is 5.73 Å². The van der Waals surface area contributed by atoms with Crippen LogP contribution in [0.3, 0.4) is 0 Å². The highest BCUT2D eigenvalue weighted by atomic mass is 35.5. The zero-order chi connectivity index (χ0) is 21.5. The molecule has 0 saturated carbocycles. The first-order chi connectivity index (χ1) is 14.4. The van der Waals surface area contributed by atoms with Gasteiger partial charge in [0.2, 0.25) is 11.8 Å². The Morgan fingerprint density at radius 3 is 2.59 bits per heavy atom. The fraction of sp³-hybridized carbons (Fsp3) is 0.435. The Morgan fingerprint density at radius 1 is 1.19 bits per heavy atom. The minimum atomic E-state index is -0.615. The van der Waals surface area contributed by atoms with Gasteiger partial charge >= 0.3 is 0 Å². The van der Waals surface area contributed by atoms with Crippen LogP contribution < -0.4 is 21.7 Å². The molecule has 7 nitrogen and oxygen atoms in total. The normalized spacial score (nSPS) is 18.4. The second-order valence-electron chi connectivity index (χ2n) is 8.02. The maximum absolute atomic E-state index is 12.7. The van der Waals surface area contributed by atoms with Crippen LogP contribution in [0.5, 0.6) is 0 Å². The SMILES string of the molecule is Cc1nc(N)ccc1CNC(=O)[C@H](C)NC(=O)[C@H]1C[C@@H](Cc2ccccc2)CCN1.Cl.Cl. The summed E-state index contributed by atoms with van der Waals surface area (Å²) in [6, 6.07) is 13.0. The number of anilines is 1. The molecule has 2 heterocycles. The summed E-state index contributed by atoms with van der Waals surface area (Å²) >= 11 is 0. The van der Waals surface area contributed by atoms with Crippen molar-refractivity contribution in [1.82, 2.24) is 20.9 Å². The smallest absolute Gasteiger partial charge is 0.242 e. The number of hydrogen-bond donors (Lipinski definition) is 4. The number of piperidine rings is 1. The minimum absolute atomic E-state index is 0. The van der Waals surface area contributed by atoms with Crippen LogP contribution in [0, 0.1) is 12.8 Å². The third kappa shape index (κ3) is 7.97. The van der Waals surface area contributed by atoms with Crippen molar-refractivity contribution >= 4 is 42.4 Å². The molecule has 1 aliphatic heterocycles. The van der Waals surface area contributed by atoms with E-state index in [2.05, 4.69) is 33.1 Å². The van der Waals surface area contributed by atoms with E-state index in [9.17, 15) is 9.59 Å². The van der Waals surface area contributed by atoms with Crippen LogP contribution in [0.1, 0.15) is 36.6 Å². The van der Waals surface area contributed by atoms with Gasteiger partial charge in [-0.25, -0.2) is 4.98 Å². The molecule has 3 atom stereocenters. The van der Waals surface area contributed by atoms with Crippen molar-refractivity contribution in [2.75, 3.05) is 12.3 Å². The first kappa shape index (κ1) is 27.7. The summed E-state index contributed by atoms with van der Waals surface area (Å²) in [4.78, 5) is 29.3. The molecule has 0 aliphatic carbocycles. The summed E-state index contributed by atoms with van der Waals surface area (Å²) in [5.74, 6) is 0.556. The van der Waals surface area contributed by atoms with Gasteiger partial charge < -0.3 is 21.7 Å². The number of aryl methyl sites for hydroxylation is 1. The third-order valence-electron chi connectivity index (χ3n) is 5.62. The van der Waals surface area contributed by atoms with E-state index in [0.29, 0.717) is 18.3 Å². The molecule has 0 unspecified atom stereocenters. The van der Waals surface area contributed by atoms with E-state index in [0.717, 1.165) is 37.1 Å². The standard InChI is InChI=1S/C23H31N5O2.2ClH/c1-15-19(8-9-21(24)27-15)14-26-22(29)16(2)28-23(30)20-13-18(10-11-25-20)12-17-6-4-3-5-7-17;;/h3-9,16,18,20,25H,10-14H2,1-2H3,(H2,24,27)(H,26,29)(H,28,30);2*1H/t16-,18+,20+;;/m0../s1. The van der Waals surface area contributed by atoms with Crippen LogP contribution in [0.25, 0.3) is 0 Å². The molecule has 2 aromatic rings. The van der Waals surface area contributed by atoms with Gasteiger partial charge in [-0.15, -0.1) is 24.8 Å². The molecule has 0 bridgehead atoms. The Morgan fingerprint density at radius 2 is 1.91 bits per heavy atom. The number of nitrogens with zero attached hydrogens (tertiary/aromatic N) is 1. The van der Waals surface area contributed by atoms with Gasteiger partial charge in [-0.1, -0.05) is 36.4 Å².